The van der Waals surface area contributed by atoms with Gasteiger partial charge in [-0.3, -0.25) is 9.98 Å². The van der Waals surface area contributed by atoms with Crippen LogP contribution in [-0.4, -0.2) is 11.9 Å². The van der Waals surface area contributed by atoms with Gasteiger partial charge in [0.05, 0.1) is 17.1 Å². The van der Waals surface area contributed by atoms with Crippen LogP contribution in [0.1, 0.15) is 160 Å². The monoisotopic (exact) mass is 582 g/mol. The van der Waals surface area contributed by atoms with Crippen LogP contribution in [0.25, 0.3) is 12.2 Å². The van der Waals surface area contributed by atoms with E-state index in [0.29, 0.717) is 0 Å². The molecule has 43 heavy (non-hydrogen) atoms. The van der Waals surface area contributed by atoms with Gasteiger partial charge in [0.25, 0.3) is 0 Å². The highest BCUT2D eigenvalue weighted by Gasteiger charge is 2.00. The van der Waals surface area contributed by atoms with Crippen LogP contribution in [0.5, 0.6) is 0 Å². The van der Waals surface area contributed by atoms with E-state index in [9.17, 15) is 0 Å². The molecule has 2 aromatic carbocycles. The molecule has 2 nitrogen and oxygen atoms in total. The molecule has 2 aromatic rings. The maximum Gasteiger partial charge on any atom is 0.0639 e. The van der Waals surface area contributed by atoms with Crippen LogP contribution in [0.2, 0.25) is 0 Å². The molecule has 0 amide bonds. The summed E-state index contributed by atoms with van der Waals surface area (Å²) in [5.41, 5.74) is 5.50. The lowest BCUT2D eigenvalue weighted by molar-refractivity contribution is 0.592. The zero-order valence-corrected chi connectivity index (χ0v) is 28.0. The van der Waals surface area contributed by atoms with Gasteiger partial charge >= 0.3 is 0 Å². The van der Waals surface area contributed by atoms with E-state index in [4.69, 9.17) is 9.98 Å². The van der Waals surface area contributed by atoms with E-state index in [2.05, 4.69) is 93.6 Å². The summed E-state index contributed by atoms with van der Waals surface area (Å²) in [6, 6.07) is 17.2. The summed E-state index contributed by atoms with van der Waals surface area (Å²) in [5, 5.41) is 0. The topological polar surface area (TPSA) is 24.7 Å². The predicted octanol–water partition coefficient (Wildman–Crippen LogP) is 14.0. The molecule has 0 fully saturated rings. The fourth-order valence-corrected chi connectivity index (χ4v) is 5.30. The Morgan fingerprint density at radius 1 is 0.535 bits per heavy atom. The standard InChI is InChI=1S/C41H62N2/c1-4-7-10-12-14-16-18-20-23-27-37-29-25-32-39(34-37)42-36-41(31-22-9-6-3)43-40-33-26-30-38(35-40)28-24-21-19-17-15-13-11-8-5-2/h23-30,32-36H,4-22,31H2,1-3H3. The second kappa shape index (κ2) is 25.7. The summed E-state index contributed by atoms with van der Waals surface area (Å²) < 4.78 is 0. The highest BCUT2D eigenvalue weighted by atomic mass is 14.8. The van der Waals surface area contributed by atoms with Gasteiger partial charge in [-0.2, -0.15) is 0 Å². The fourth-order valence-electron chi connectivity index (χ4n) is 5.30. The molecule has 0 saturated carbocycles. The summed E-state index contributed by atoms with van der Waals surface area (Å²) in [4.78, 5) is 9.90. The molecule has 0 aliphatic heterocycles. The molecule has 0 N–H and O–H groups in total. The third-order valence-electron chi connectivity index (χ3n) is 7.98. The Kier molecular flexibility index (Phi) is 21.8. The van der Waals surface area contributed by atoms with Gasteiger partial charge < -0.3 is 0 Å². The van der Waals surface area contributed by atoms with Crippen molar-refractivity contribution in [1.82, 2.24) is 0 Å². The minimum Gasteiger partial charge on any atom is -0.255 e. The van der Waals surface area contributed by atoms with Gasteiger partial charge in [-0.1, -0.05) is 159 Å². The lowest BCUT2D eigenvalue weighted by Gasteiger charge is -2.04. The van der Waals surface area contributed by atoms with Crippen molar-refractivity contribution in [2.24, 2.45) is 9.98 Å². The number of allylic oxidation sites excluding steroid dienone is 2. The quantitative estimate of drug-likeness (QED) is 0.0821. The number of rotatable bonds is 25. The lowest BCUT2D eigenvalue weighted by Crippen LogP contribution is -1.99. The smallest absolute Gasteiger partial charge is 0.0639 e. The van der Waals surface area contributed by atoms with Crippen molar-refractivity contribution >= 4 is 35.5 Å². The van der Waals surface area contributed by atoms with Crippen LogP contribution >= 0.6 is 0 Å². The summed E-state index contributed by atoms with van der Waals surface area (Å²) in [6.07, 6.45) is 37.0. The normalized spacial score (nSPS) is 12.4. The summed E-state index contributed by atoms with van der Waals surface area (Å²) in [5.74, 6) is 0. The largest absolute Gasteiger partial charge is 0.255 e. The van der Waals surface area contributed by atoms with Crippen molar-refractivity contribution < 1.29 is 0 Å². The molecule has 0 unspecified atom stereocenters. The Morgan fingerprint density at radius 3 is 1.56 bits per heavy atom. The number of hydrogen-bond donors (Lipinski definition) is 0. The molecular weight excluding hydrogens is 520 g/mol. The Morgan fingerprint density at radius 2 is 1.00 bits per heavy atom. The first-order valence-electron chi connectivity index (χ1n) is 17.9. The van der Waals surface area contributed by atoms with E-state index in [1.807, 2.05) is 6.21 Å². The number of hydrogen-bond acceptors (Lipinski definition) is 2. The summed E-state index contributed by atoms with van der Waals surface area (Å²) in [7, 11) is 0. The Bertz CT molecular complexity index is 1070. The molecule has 0 aromatic heterocycles. The molecule has 236 valence electrons. The molecule has 0 saturated heterocycles. The molecule has 2 rings (SSSR count). The SMILES string of the molecule is CCCCCCCCCC=Cc1cccc(N=CC(CCCCC)=Nc2cccc(C=CCCCCCCCCC)c2)c1. The van der Waals surface area contributed by atoms with Gasteiger partial charge in [-0.25, -0.2) is 0 Å². The van der Waals surface area contributed by atoms with Crippen molar-refractivity contribution in [1.29, 1.82) is 0 Å². The van der Waals surface area contributed by atoms with Crippen molar-refractivity contribution in [3.63, 3.8) is 0 Å². The highest BCUT2D eigenvalue weighted by molar-refractivity contribution is 6.31. The molecule has 2 heteroatoms. The van der Waals surface area contributed by atoms with Crippen LogP contribution in [0, 0.1) is 0 Å². The van der Waals surface area contributed by atoms with E-state index in [1.54, 1.807) is 0 Å². The maximum atomic E-state index is 5.04. The first-order valence-corrected chi connectivity index (χ1v) is 17.9. The molecule has 0 atom stereocenters. The Hall–Kier alpha value is -2.74. The predicted molar refractivity (Wildman–Crippen MR) is 196 cm³/mol. The van der Waals surface area contributed by atoms with Gasteiger partial charge in [-0.05, 0) is 73.9 Å². The minimum absolute atomic E-state index is 0.952. The van der Waals surface area contributed by atoms with Gasteiger partial charge in [0, 0.05) is 6.21 Å². The first-order chi connectivity index (χ1) is 21.2. The zero-order chi connectivity index (χ0) is 30.6. The van der Waals surface area contributed by atoms with Crippen LogP contribution < -0.4 is 0 Å². The third kappa shape index (κ3) is 19.2. The molecule has 0 heterocycles. The van der Waals surface area contributed by atoms with Crippen LogP contribution in [0.3, 0.4) is 0 Å². The second-order valence-corrected chi connectivity index (χ2v) is 12.1. The van der Waals surface area contributed by atoms with E-state index < -0.39 is 0 Å². The van der Waals surface area contributed by atoms with Gasteiger partial charge in [0.15, 0.2) is 0 Å². The highest BCUT2D eigenvalue weighted by Crippen LogP contribution is 2.19. The number of aliphatic imine (C=N–C) groups is 2. The first kappa shape index (κ1) is 36.5. The third-order valence-corrected chi connectivity index (χ3v) is 7.98. The zero-order valence-electron chi connectivity index (χ0n) is 28.0. The average molecular weight is 583 g/mol. The molecule has 0 bridgehead atoms. The summed E-state index contributed by atoms with van der Waals surface area (Å²) >= 11 is 0. The Balaban J connectivity index is 1.92. The van der Waals surface area contributed by atoms with Crippen LogP contribution in [0.15, 0.2) is 70.7 Å². The van der Waals surface area contributed by atoms with E-state index in [-0.39, 0.29) is 0 Å². The average Bonchev–Trinajstić information content (AvgIpc) is 3.02. The minimum atomic E-state index is 0.952. The molecular formula is C41H62N2. The molecule has 0 radical (unpaired) electrons. The van der Waals surface area contributed by atoms with Gasteiger partial charge in [0.2, 0.25) is 0 Å². The number of nitrogens with zero attached hydrogens (tertiary/aromatic N) is 2. The van der Waals surface area contributed by atoms with Crippen LogP contribution in [0.4, 0.5) is 11.4 Å². The molecule has 0 aliphatic rings. The molecule has 0 spiro atoms. The second-order valence-electron chi connectivity index (χ2n) is 12.1. The van der Waals surface area contributed by atoms with Crippen molar-refractivity contribution in [3.05, 3.63) is 71.8 Å². The van der Waals surface area contributed by atoms with E-state index in [0.717, 1.165) is 42.8 Å². The lowest BCUT2D eigenvalue weighted by atomic mass is 10.1. The van der Waals surface area contributed by atoms with Gasteiger partial charge in [-0.15, -0.1) is 0 Å². The van der Waals surface area contributed by atoms with Crippen LogP contribution in [-0.2, 0) is 0 Å². The van der Waals surface area contributed by atoms with Crippen molar-refractivity contribution in [2.75, 3.05) is 0 Å². The number of benzene rings is 2. The molecule has 0 aliphatic carbocycles. The maximum absolute atomic E-state index is 5.04. The van der Waals surface area contributed by atoms with E-state index >= 15 is 0 Å². The van der Waals surface area contributed by atoms with Crippen molar-refractivity contribution in [3.8, 4) is 0 Å². The fraction of sp³-hybridized carbons (Fsp3) is 0.561. The summed E-state index contributed by atoms with van der Waals surface area (Å²) in [6.45, 7) is 6.81. The number of unbranched alkanes of at least 4 members (excludes halogenated alkanes) is 16. The van der Waals surface area contributed by atoms with E-state index in [1.165, 1.54) is 114 Å². The van der Waals surface area contributed by atoms with Crippen molar-refractivity contribution in [2.45, 2.75) is 149 Å². The Labute approximate surface area is 265 Å². The van der Waals surface area contributed by atoms with Gasteiger partial charge in [0.1, 0.15) is 0 Å².